The van der Waals surface area contributed by atoms with E-state index in [1.54, 1.807) is 13.8 Å². The second-order valence-electron chi connectivity index (χ2n) is 11.5. The Morgan fingerprint density at radius 1 is 0.944 bits per heavy atom. The number of likely N-dealkylation sites (tertiary alicyclic amines) is 1. The number of rotatable bonds is 4. The maximum atomic E-state index is 12.3. The highest BCUT2D eigenvalue weighted by atomic mass is 16.2. The summed E-state index contributed by atoms with van der Waals surface area (Å²) in [6.45, 7) is 9.76. The lowest BCUT2D eigenvalue weighted by Gasteiger charge is -2.42. The zero-order chi connectivity index (χ0) is 25.0. The standard InChI is InChI=1S/C29H39N5O2/c1-19-30-28-18-31(20(2)35)12-11-29(28)34(19)26-13-24-9-10-25(14-26)33(24)16-23-15-32(21(3)36)17-27(23)22-7-5-4-6-8-22/h4-8,23-27H,9-18H2,1-3H3/t23-,24+,25+,27-/m1/s1. The second kappa shape index (κ2) is 9.33. The van der Waals surface area contributed by atoms with Gasteiger partial charge >= 0.3 is 0 Å². The third-order valence-electron chi connectivity index (χ3n) is 9.46. The number of fused-ring (bicyclic) bond motifs is 3. The van der Waals surface area contributed by atoms with Crippen molar-refractivity contribution in [3.05, 3.63) is 53.1 Å². The maximum Gasteiger partial charge on any atom is 0.219 e. The number of carbonyl (C=O) groups excluding carboxylic acids is 2. The summed E-state index contributed by atoms with van der Waals surface area (Å²) in [5, 5.41) is 0. The third-order valence-corrected chi connectivity index (χ3v) is 9.46. The summed E-state index contributed by atoms with van der Waals surface area (Å²) in [4.78, 5) is 35.9. The van der Waals surface area contributed by atoms with Crippen molar-refractivity contribution in [2.45, 2.75) is 83.5 Å². The van der Waals surface area contributed by atoms with Gasteiger partial charge < -0.3 is 14.4 Å². The molecule has 5 heterocycles. The third kappa shape index (κ3) is 4.15. The van der Waals surface area contributed by atoms with Gasteiger partial charge in [-0.2, -0.15) is 0 Å². The Labute approximate surface area is 214 Å². The van der Waals surface area contributed by atoms with Crippen LogP contribution in [0, 0.1) is 12.8 Å². The molecule has 2 amide bonds. The number of carbonyl (C=O) groups is 2. The van der Waals surface area contributed by atoms with Gasteiger partial charge in [-0.05, 0) is 44.1 Å². The predicted molar refractivity (Wildman–Crippen MR) is 138 cm³/mol. The molecule has 2 aromatic rings. The van der Waals surface area contributed by atoms with E-state index >= 15 is 0 Å². The first-order chi connectivity index (χ1) is 17.4. The maximum absolute atomic E-state index is 12.3. The van der Waals surface area contributed by atoms with Gasteiger partial charge in [0.05, 0.1) is 12.2 Å². The van der Waals surface area contributed by atoms with Crippen LogP contribution < -0.4 is 0 Å². The van der Waals surface area contributed by atoms with E-state index in [9.17, 15) is 9.59 Å². The Morgan fingerprint density at radius 2 is 1.64 bits per heavy atom. The molecule has 192 valence electrons. The topological polar surface area (TPSA) is 61.7 Å². The molecule has 36 heavy (non-hydrogen) atoms. The quantitative estimate of drug-likeness (QED) is 0.659. The average Bonchev–Trinajstić information content (AvgIpc) is 3.50. The van der Waals surface area contributed by atoms with E-state index in [2.05, 4.69) is 51.6 Å². The van der Waals surface area contributed by atoms with Crippen molar-refractivity contribution in [2.24, 2.45) is 5.92 Å². The Bertz CT molecular complexity index is 1130. The number of aryl methyl sites for hydroxylation is 1. The van der Waals surface area contributed by atoms with Crippen LogP contribution in [-0.4, -0.2) is 74.3 Å². The van der Waals surface area contributed by atoms with Gasteiger partial charge in [0.1, 0.15) is 5.82 Å². The van der Waals surface area contributed by atoms with Crippen LogP contribution >= 0.6 is 0 Å². The fraction of sp³-hybridized carbons (Fsp3) is 0.621. The molecule has 0 N–H and O–H groups in total. The van der Waals surface area contributed by atoms with Gasteiger partial charge in [-0.15, -0.1) is 0 Å². The van der Waals surface area contributed by atoms with Crippen LogP contribution in [0.15, 0.2) is 30.3 Å². The van der Waals surface area contributed by atoms with E-state index in [1.165, 1.54) is 36.9 Å². The van der Waals surface area contributed by atoms with Crippen LogP contribution in [0.2, 0.25) is 0 Å². The molecule has 2 bridgehead atoms. The van der Waals surface area contributed by atoms with Crippen molar-refractivity contribution >= 4 is 11.8 Å². The first kappa shape index (κ1) is 23.7. The van der Waals surface area contributed by atoms with Crippen LogP contribution in [0.4, 0.5) is 0 Å². The van der Waals surface area contributed by atoms with Gasteiger partial charge in [0.15, 0.2) is 0 Å². The van der Waals surface area contributed by atoms with Crippen LogP contribution in [0.3, 0.4) is 0 Å². The minimum Gasteiger partial charge on any atom is -0.342 e. The lowest BCUT2D eigenvalue weighted by Crippen LogP contribution is -2.47. The van der Waals surface area contributed by atoms with E-state index in [0.717, 1.165) is 44.1 Å². The largest absolute Gasteiger partial charge is 0.342 e. The molecule has 0 radical (unpaired) electrons. The zero-order valence-corrected chi connectivity index (χ0v) is 21.9. The van der Waals surface area contributed by atoms with E-state index < -0.39 is 0 Å². The fourth-order valence-corrected chi connectivity index (χ4v) is 7.71. The molecule has 4 aliphatic heterocycles. The summed E-state index contributed by atoms with van der Waals surface area (Å²) >= 11 is 0. The number of amides is 2. The van der Waals surface area contributed by atoms with Crippen molar-refractivity contribution in [3.63, 3.8) is 0 Å². The Hall–Kier alpha value is -2.67. The minimum atomic E-state index is 0.142. The van der Waals surface area contributed by atoms with Crippen LogP contribution in [-0.2, 0) is 22.6 Å². The highest BCUT2D eigenvalue weighted by molar-refractivity contribution is 5.74. The van der Waals surface area contributed by atoms with Crippen molar-refractivity contribution < 1.29 is 9.59 Å². The molecule has 7 nitrogen and oxygen atoms in total. The van der Waals surface area contributed by atoms with E-state index in [0.29, 0.717) is 36.5 Å². The number of aromatic nitrogens is 2. The predicted octanol–water partition coefficient (Wildman–Crippen LogP) is 3.53. The normalized spacial score (nSPS) is 30.0. The molecule has 3 fully saturated rings. The molecular weight excluding hydrogens is 450 g/mol. The van der Waals surface area contributed by atoms with Gasteiger partial charge in [0.2, 0.25) is 11.8 Å². The highest BCUT2D eigenvalue weighted by Gasteiger charge is 2.45. The second-order valence-corrected chi connectivity index (χ2v) is 11.5. The van der Waals surface area contributed by atoms with E-state index in [-0.39, 0.29) is 11.8 Å². The van der Waals surface area contributed by atoms with Crippen LogP contribution in [0.5, 0.6) is 0 Å². The molecule has 7 heteroatoms. The Morgan fingerprint density at radius 3 is 2.31 bits per heavy atom. The molecule has 1 aromatic heterocycles. The van der Waals surface area contributed by atoms with Crippen LogP contribution in [0.1, 0.15) is 74.3 Å². The van der Waals surface area contributed by atoms with Gasteiger partial charge in [0, 0.05) is 76.2 Å². The lowest BCUT2D eigenvalue weighted by molar-refractivity contribution is -0.130. The van der Waals surface area contributed by atoms with E-state index in [4.69, 9.17) is 4.98 Å². The SMILES string of the molecule is CC(=O)N1CCc2c(nc(C)n2C2C[C@@H]3CC[C@@H](C2)N3C[C@H]2CN(C(C)=O)C[C@@H]2c2ccccc2)C1. The van der Waals surface area contributed by atoms with Crippen molar-refractivity contribution in [1.29, 1.82) is 0 Å². The summed E-state index contributed by atoms with van der Waals surface area (Å²) in [7, 11) is 0. The zero-order valence-electron chi connectivity index (χ0n) is 21.9. The lowest BCUT2D eigenvalue weighted by atomic mass is 9.87. The number of nitrogens with zero attached hydrogens (tertiary/aromatic N) is 5. The molecule has 0 saturated carbocycles. The molecule has 1 aromatic carbocycles. The Kier molecular flexibility index (Phi) is 6.14. The molecule has 4 atom stereocenters. The highest BCUT2D eigenvalue weighted by Crippen LogP contribution is 2.44. The first-order valence-corrected chi connectivity index (χ1v) is 13.8. The molecule has 3 saturated heterocycles. The van der Waals surface area contributed by atoms with E-state index in [1.807, 2.05) is 4.90 Å². The van der Waals surface area contributed by atoms with Gasteiger partial charge in [-0.25, -0.2) is 4.98 Å². The summed E-state index contributed by atoms with van der Waals surface area (Å²) < 4.78 is 2.54. The van der Waals surface area contributed by atoms with Crippen molar-refractivity contribution in [3.8, 4) is 0 Å². The van der Waals surface area contributed by atoms with Crippen molar-refractivity contribution in [1.82, 2.24) is 24.3 Å². The molecular formula is C29H39N5O2. The van der Waals surface area contributed by atoms with Crippen LogP contribution in [0.25, 0.3) is 0 Å². The summed E-state index contributed by atoms with van der Waals surface area (Å²) in [6.07, 6.45) is 5.81. The average molecular weight is 490 g/mol. The molecule has 0 aliphatic carbocycles. The monoisotopic (exact) mass is 489 g/mol. The fourth-order valence-electron chi connectivity index (χ4n) is 7.71. The van der Waals surface area contributed by atoms with Gasteiger partial charge in [0.25, 0.3) is 0 Å². The number of hydrogen-bond acceptors (Lipinski definition) is 4. The number of imidazole rings is 1. The minimum absolute atomic E-state index is 0.142. The molecule has 6 rings (SSSR count). The number of hydrogen-bond donors (Lipinski definition) is 0. The summed E-state index contributed by atoms with van der Waals surface area (Å²) in [5.74, 6) is 2.35. The Balaban J connectivity index is 1.19. The smallest absolute Gasteiger partial charge is 0.219 e. The summed E-state index contributed by atoms with van der Waals surface area (Å²) in [6, 6.07) is 12.5. The van der Waals surface area contributed by atoms with Gasteiger partial charge in [-0.1, -0.05) is 30.3 Å². The molecule has 0 unspecified atom stereocenters. The molecule has 0 spiro atoms. The summed E-state index contributed by atoms with van der Waals surface area (Å²) in [5.41, 5.74) is 3.83. The number of benzene rings is 1. The van der Waals surface area contributed by atoms with Crippen molar-refractivity contribution in [2.75, 3.05) is 26.2 Å². The first-order valence-electron chi connectivity index (χ1n) is 13.8. The van der Waals surface area contributed by atoms with Gasteiger partial charge in [-0.3, -0.25) is 14.5 Å². The number of piperidine rings is 1. The molecule has 4 aliphatic rings.